The van der Waals surface area contributed by atoms with E-state index in [1.165, 1.54) is 6.42 Å². The number of para-hydroxylation sites is 1. The van der Waals surface area contributed by atoms with Gasteiger partial charge >= 0.3 is 0 Å². The Balaban J connectivity index is 1.38. The minimum atomic E-state index is -0.119. The molecule has 6 rings (SSSR count). The van der Waals surface area contributed by atoms with Crippen LogP contribution >= 0.6 is 0 Å². The van der Waals surface area contributed by atoms with Crippen LogP contribution in [0.2, 0.25) is 0 Å². The third-order valence-electron chi connectivity index (χ3n) is 5.58. The Morgan fingerprint density at radius 2 is 2.12 bits per heavy atom. The lowest BCUT2D eigenvalue weighted by atomic mass is 10.1. The monoisotopic (exact) mass is 346 g/mol. The summed E-state index contributed by atoms with van der Waals surface area (Å²) in [6.45, 7) is 2.29. The number of fused-ring (bicyclic) bond motifs is 6. The second kappa shape index (κ2) is 4.94. The van der Waals surface area contributed by atoms with Crippen LogP contribution in [0.3, 0.4) is 0 Å². The minimum absolute atomic E-state index is 0.119. The van der Waals surface area contributed by atoms with Crippen molar-refractivity contribution < 1.29 is 0 Å². The van der Waals surface area contributed by atoms with Crippen LogP contribution in [0.1, 0.15) is 30.8 Å². The molecule has 1 saturated carbocycles. The largest absolute Gasteiger partial charge is 0.284 e. The molecule has 0 N–H and O–H groups in total. The van der Waals surface area contributed by atoms with Crippen LogP contribution in [-0.2, 0) is 6.42 Å². The number of aromatic nitrogens is 5. The molecule has 0 saturated heterocycles. The molecule has 0 radical (unpaired) electrons. The fourth-order valence-electron chi connectivity index (χ4n) is 3.95. The van der Waals surface area contributed by atoms with Crippen molar-refractivity contribution in [1.82, 2.24) is 24.7 Å². The highest BCUT2D eigenvalue weighted by Crippen LogP contribution is 2.41. The molecule has 130 valence electrons. The second-order valence-electron chi connectivity index (χ2n) is 7.29. The van der Waals surface area contributed by atoms with E-state index in [9.17, 15) is 0 Å². The summed E-state index contributed by atoms with van der Waals surface area (Å²) in [7, 11) is 0. The van der Waals surface area contributed by atoms with Crippen molar-refractivity contribution in [2.45, 2.75) is 25.9 Å². The van der Waals surface area contributed by atoms with Crippen molar-refractivity contribution in [3.63, 3.8) is 0 Å². The molecular weight excluding hydrogens is 328 g/mol. The van der Waals surface area contributed by atoms with Crippen LogP contribution in [0.25, 0.3) is 5.69 Å². The highest BCUT2D eigenvalue weighted by atomic mass is 15.9. The Morgan fingerprint density at radius 1 is 1.23 bits per heavy atom. The topological polar surface area (TPSA) is 67.4 Å². The quantitative estimate of drug-likeness (QED) is 0.726. The molecule has 8 heteroatoms. The van der Waals surface area contributed by atoms with E-state index in [-0.39, 0.29) is 6.17 Å². The molecule has 2 aromatic heterocycles. The maximum Gasteiger partial charge on any atom is 0.173 e. The Bertz CT molecular complexity index is 1020. The Hall–Kier alpha value is -3.16. The lowest BCUT2D eigenvalue weighted by molar-refractivity contribution is 0.541. The highest BCUT2D eigenvalue weighted by molar-refractivity contribution is 5.78. The average molecular weight is 346 g/mol. The first-order valence-electron chi connectivity index (χ1n) is 8.94. The molecule has 8 nitrogen and oxygen atoms in total. The Morgan fingerprint density at radius 3 is 3.00 bits per heavy atom. The van der Waals surface area contributed by atoms with Gasteiger partial charge in [0.05, 0.1) is 23.8 Å². The van der Waals surface area contributed by atoms with E-state index in [4.69, 9.17) is 4.99 Å². The molecule has 3 aliphatic rings. The second-order valence-corrected chi connectivity index (χ2v) is 7.29. The third-order valence-corrected chi connectivity index (χ3v) is 5.58. The normalized spacial score (nSPS) is 25.2. The van der Waals surface area contributed by atoms with Crippen LogP contribution in [-0.4, -0.2) is 31.0 Å². The highest BCUT2D eigenvalue weighted by Gasteiger charge is 2.39. The predicted octanol–water partition coefficient (Wildman–Crippen LogP) is 2.08. The van der Waals surface area contributed by atoms with Crippen LogP contribution in [0.5, 0.6) is 0 Å². The van der Waals surface area contributed by atoms with Gasteiger partial charge in [-0.2, -0.15) is 5.12 Å². The molecule has 3 aromatic rings. The Labute approximate surface area is 150 Å². The molecule has 3 unspecified atom stereocenters. The summed E-state index contributed by atoms with van der Waals surface area (Å²) in [5, 5.41) is 12.7. The summed E-state index contributed by atoms with van der Waals surface area (Å²) in [6, 6.07) is 8.29. The summed E-state index contributed by atoms with van der Waals surface area (Å²) < 4.78 is 2.08. The van der Waals surface area contributed by atoms with Crippen LogP contribution in [0.15, 0.2) is 48.0 Å². The van der Waals surface area contributed by atoms with Gasteiger partial charge in [0, 0.05) is 5.56 Å². The van der Waals surface area contributed by atoms with Gasteiger partial charge in [-0.3, -0.25) is 4.57 Å². The van der Waals surface area contributed by atoms with Crippen molar-refractivity contribution in [2.24, 2.45) is 16.8 Å². The molecule has 2 aliphatic heterocycles. The summed E-state index contributed by atoms with van der Waals surface area (Å²) in [5.74, 6) is 2.52. The zero-order valence-corrected chi connectivity index (χ0v) is 14.3. The number of rotatable bonds is 3. The van der Waals surface area contributed by atoms with Crippen molar-refractivity contribution >= 4 is 12.2 Å². The summed E-state index contributed by atoms with van der Waals surface area (Å²) in [4.78, 5) is 10.8. The maximum absolute atomic E-state index is 4.73. The zero-order chi connectivity index (χ0) is 17.3. The van der Waals surface area contributed by atoms with Crippen LogP contribution in [0, 0.1) is 11.8 Å². The van der Waals surface area contributed by atoms with E-state index in [0.29, 0.717) is 0 Å². The average Bonchev–Trinajstić information content (AvgIpc) is 3.14. The van der Waals surface area contributed by atoms with Gasteiger partial charge in [0.1, 0.15) is 12.7 Å². The number of benzene rings is 1. The third kappa shape index (κ3) is 1.89. The fraction of sp³-hybridized carbons (Fsp3) is 0.333. The van der Waals surface area contributed by atoms with Gasteiger partial charge in [0.15, 0.2) is 12.0 Å². The predicted molar refractivity (Wildman–Crippen MR) is 96.5 cm³/mol. The van der Waals surface area contributed by atoms with Gasteiger partial charge in [-0.05, 0) is 36.0 Å². The minimum Gasteiger partial charge on any atom is -0.284 e. The fourth-order valence-corrected chi connectivity index (χ4v) is 3.95. The number of hydrazine groups is 1. The van der Waals surface area contributed by atoms with E-state index in [1.807, 2.05) is 42.3 Å². The summed E-state index contributed by atoms with van der Waals surface area (Å²) in [6.07, 6.45) is 9.67. The number of aliphatic imine (C=N–C) groups is 1. The van der Waals surface area contributed by atoms with Gasteiger partial charge in [-0.25, -0.2) is 15.0 Å². The molecular formula is C18H18N8. The molecule has 1 aliphatic carbocycles. The molecule has 4 heterocycles. The lowest BCUT2D eigenvalue weighted by Crippen LogP contribution is -2.49. The van der Waals surface area contributed by atoms with E-state index >= 15 is 0 Å². The summed E-state index contributed by atoms with van der Waals surface area (Å²) >= 11 is 0. The van der Waals surface area contributed by atoms with Gasteiger partial charge in [0.25, 0.3) is 0 Å². The number of nitrogens with zero attached hydrogens (tertiary/aromatic N) is 8. The van der Waals surface area contributed by atoms with Crippen molar-refractivity contribution in [3.8, 4) is 5.69 Å². The molecule has 0 bridgehead atoms. The van der Waals surface area contributed by atoms with Crippen LogP contribution < -0.4 is 10.1 Å². The van der Waals surface area contributed by atoms with E-state index in [0.717, 1.165) is 41.0 Å². The number of hydrogen-bond acceptors (Lipinski definition) is 6. The number of anilines is 1. The first-order valence-corrected chi connectivity index (χ1v) is 8.94. The van der Waals surface area contributed by atoms with Gasteiger partial charge in [0.2, 0.25) is 0 Å². The number of hydrogen-bond donors (Lipinski definition) is 0. The molecule has 1 aromatic carbocycles. The van der Waals surface area contributed by atoms with E-state index < -0.39 is 0 Å². The summed E-state index contributed by atoms with van der Waals surface area (Å²) in [5.41, 5.74) is 3.29. The van der Waals surface area contributed by atoms with Crippen molar-refractivity contribution in [2.75, 3.05) is 10.1 Å². The van der Waals surface area contributed by atoms with E-state index in [1.54, 1.807) is 4.79 Å². The zero-order valence-electron chi connectivity index (χ0n) is 14.3. The van der Waals surface area contributed by atoms with Gasteiger partial charge in [-0.15, -0.1) is 9.89 Å². The van der Waals surface area contributed by atoms with Crippen molar-refractivity contribution in [1.29, 1.82) is 0 Å². The molecule has 0 spiro atoms. The number of imidazole rings is 1. The molecule has 3 atom stereocenters. The first kappa shape index (κ1) is 14.1. The molecule has 0 amide bonds. The van der Waals surface area contributed by atoms with E-state index in [2.05, 4.69) is 43.9 Å². The molecule has 26 heavy (non-hydrogen) atoms. The molecule has 1 fully saturated rings. The standard InChI is InChI=1S/C18H18N8/c1-12-6-13(12)7-14-9-24(22-21-14)25-11-20-18-15-4-2-3-5-16(15)23-10-19-8-17(23)26(18)25/h2-5,8-13,18H,6-7H2,1H3. The first-order chi connectivity index (χ1) is 12.8. The van der Waals surface area contributed by atoms with Crippen molar-refractivity contribution in [3.05, 3.63) is 54.2 Å². The van der Waals surface area contributed by atoms with Gasteiger partial charge in [-0.1, -0.05) is 25.1 Å². The SMILES string of the molecule is CC1CC1Cc1cn(N2C=NC3c4ccccc4-n4cncc4N32)nn1. The van der Waals surface area contributed by atoms with Crippen LogP contribution in [0.4, 0.5) is 5.82 Å². The van der Waals surface area contributed by atoms with Gasteiger partial charge < -0.3 is 0 Å². The smallest absolute Gasteiger partial charge is 0.173 e. The Kier molecular flexibility index (Phi) is 2.67. The maximum atomic E-state index is 4.73. The lowest BCUT2D eigenvalue weighted by Gasteiger charge is -2.36.